The van der Waals surface area contributed by atoms with Crippen LogP contribution in [0.25, 0.3) is 0 Å². The van der Waals surface area contributed by atoms with Crippen LogP contribution >= 0.6 is 11.5 Å². The van der Waals surface area contributed by atoms with Crippen LogP contribution < -0.4 is 5.32 Å². The van der Waals surface area contributed by atoms with E-state index in [2.05, 4.69) is 9.69 Å². The molecule has 0 aromatic carbocycles. The third-order valence-corrected chi connectivity index (χ3v) is 4.32. The molecule has 0 saturated carbocycles. The maximum atomic E-state index is 12.1. The molecule has 2 aliphatic heterocycles. The highest BCUT2D eigenvalue weighted by molar-refractivity contribution is 7.03. The fourth-order valence-electron chi connectivity index (χ4n) is 2.83. The van der Waals surface area contributed by atoms with Crippen molar-refractivity contribution in [3.8, 4) is 0 Å². The van der Waals surface area contributed by atoms with Gasteiger partial charge in [0, 0.05) is 23.7 Å². The summed E-state index contributed by atoms with van der Waals surface area (Å²) in [7, 11) is 0. The van der Waals surface area contributed by atoms with Crippen molar-refractivity contribution < 1.29 is 14.3 Å². The molecule has 1 aromatic heterocycles. The quantitative estimate of drug-likeness (QED) is 0.857. The van der Waals surface area contributed by atoms with E-state index in [9.17, 15) is 4.79 Å². The summed E-state index contributed by atoms with van der Waals surface area (Å²) in [5, 5.41) is 5.52. The van der Waals surface area contributed by atoms with Gasteiger partial charge in [-0.05, 0) is 32.3 Å². The Kier molecular flexibility index (Phi) is 3.67. The number of nitrogens with one attached hydrogen (secondary N) is 1. The summed E-state index contributed by atoms with van der Waals surface area (Å²) in [6.07, 6.45) is 1.60. The standard InChI is InChI=1S/C14H21N3O3S/c1-13(2,3)20-12(18)17-8-14(9-17)11(15-4-5-19-14)10-6-16-21-7-10/h6-7,11,15H,4-5,8-9H2,1-3H3. The van der Waals surface area contributed by atoms with Gasteiger partial charge in [-0.3, -0.25) is 0 Å². The number of nitrogens with zero attached hydrogens (tertiary/aromatic N) is 2. The number of carbonyl (C=O) groups is 1. The molecule has 1 N–H and O–H groups in total. The summed E-state index contributed by atoms with van der Waals surface area (Å²) in [6, 6.07) is 0.0867. The first-order valence-corrected chi connectivity index (χ1v) is 7.98. The van der Waals surface area contributed by atoms with Crippen molar-refractivity contribution in [3.63, 3.8) is 0 Å². The summed E-state index contributed by atoms with van der Waals surface area (Å²) >= 11 is 1.43. The Hall–Kier alpha value is -1.18. The van der Waals surface area contributed by atoms with Crippen LogP contribution in [0.15, 0.2) is 11.6 Å². The summed E-state index contributed by atoms with van der Waals surface area (Å²) in [5.74, 6) is 0. The van der Waals surface area contributed by atoms with Crippen LogP contribution in [0.1, 0.15) is 32.4 Å². The molecule has 3 heterocycles. The van der Waals surface area contributed by atoms with Crippen molar-refractivity contribution in [2.75, 3.05) is 26.2 Å². The van der Waals surface area contributed by atoms with Gasteiger partial charge in [0.25, 0.3) is 0 Å². The lowest BCUT2D eigenvalue weighted by atomic mass is 9.82. The number of rotatable bonds is 1. The highest BCUT2D eigenvalue weighted by Crippen LogP contribution is 2.40. The zero-order chi connectivity index (χ0) is 15.1. The molecule has 0 bridgehead atoms. The van der Waals surface area contributed by atoms with Crippen LogP contribution in [0.4, 0.5) is 4.79 Å². The first-order chi connectivity index (χ1) is 9.90. The van der Waals surface area contributed by atoms with Gasteiger partial charge < -0.3 is 19.7 Å². The predicted molar refractivity (Wildman–Crippen MR) is 79.3 cm³/mol. The van der Waals surface area contributed by atoms with E-state index < -0.39 is 5.60 Å². The minimum atomic E-state index is -0.470. The van der Waals surface area contributed by atoms with Crippen molar-refractivity contribution in [1.82, 2.24) is 14.6 Å². The average molecular weight is 311 g/mol. The smallest absolute Gasteiger partial charge is 0.410 e. The van der Waals surface area contributed by atoms with Crippen molar-refractivity contribution >= 4 is 17.6 Å². The minimum absolute atomic E-state index is 0.0867. The lowest BCUT2D eigenvalue weighted by Crippen LogP contribution is -2.71. The maximum absolute atomic E-state index is 12.1. The Bertz CT molecular complexity index is 506. The molecule has 1 unspecified atom stereocenters. The van der Waals surface area contributed by atoms with E-state index >= 15 is 0 Å². The zero-order valence-electron chi connectivity index (χ0n) is 12.6. The van der Waals surface area contributed by atoms with Crippen molar-refractivity contribution in [1.29, 1.82) is 0 Å². The van der Waals surface area contributed by atoms with E-state index in [1.807, 2.05) is 32.3 Å². The Morgan fingerprint density at radius 2 is 2.33 bits per heavy atom. The van der Waals surface area contributed by atoms with Gasteiger partial charge >= 0.3 is 6.09 Å². The lowest BCUT2D eigenvalue weighted by molar-refractivity contribution is -0.176. The summed E-state index contributed by atoms with van der Waals surface area (Å²) in [5.41, 5.74) is 0.309. The van der Waals surface area contributed by atoms with Gasteiger partial charge in [0.1, 0.15) is 11.2 Å². The molecular formula is C14H21N3O3S. The lowest BCUT2D eigenvalue weighted by Gasteiger charge is -2.55. The second-order valence-corrected chi connectivity index (χ2v) is 7.25. The molecule has 21 heavy (non-hydrogen) atoms. The largest absolute Gasteiger partial charge is 0.444 e. The average Bonchev–Trinajstić information content (AvgIpc) is 2.87. The van der Waals surface area contributed by atoms with E-state index in [-0.39, 0.29) is 17.7 Å². The Morgan fingerprint density at radius 1 is 1.57 bits per heavy atom. The monoisotopic (exact) mass is 311 g/mol. The minimum Gasteiger partial charge on any atom is -0.444 e. The van der Waals surface area contributed by atoms with Crippen LogP contribution in [0.2, 0.25) is 0 Å². The number of likely N-dealkylation sites (tertiary alicyclic amines) is 1. The van der Waals surface area contributed by atoms with Crippen LogP contribution in [0.3, 0.4) is 0 Å². The van der Waals surface area contributed by atoms with Gasteiger partial charge in [0.15, 0.2) is 0 Å². The Balaban J connectivity index is 1.67. The van der Waals surface area contributed by atoms with Crippen molar-refractivity contribution in [2.45, 2.75) is 38.0 Å². The van der Waals surface area contributed by atoms with Gasteiger partial charge in [0.05, 0.1) is 25.7 Å². The molecule has 2 fully saturated rings. The SMILES string of the molecule is CC(C)(C)OC(=O)N1CC2(C1)OCCNC2c1cnsc1. The van der Waals surface area contributed by atoms with Crippen LogP contribution in [-0.4, -0.2) is 52.8 Å². The van der Waals surface area contributed by atoms with Crippen LogP contribution in [0, 0.1) is 0 Å². The number of aromatic nitrogens is 1. The van der Waals surface area contributed by atoms with E-state index in [1.165, 1.54) is 11.5 Å². The van der Waals surface area contributed by atoms with E-state index in [0.29, 0.717) is 19.7 Å². The van der Waals surface area contributed by atoms with E-state index in [0.717, 1.165) is 12.1 Å². The number of carbonyl (C=O) groups excluding carboxylic acids is 1. The first kappa shape index (κ1) is 14.7. The molecule has 1 aromatic rings. The molecule has 2 aliphatic rings. The highest BCUT2D eigenvalue weighted by Gasteiger charge is 2.54. The zero-order valence-corrected chi connectivity index (χ0v) is 13.4. The molecule has 116 valence electrons. The van der Waals surface area contributed by atoms with Gasteiger partial charge in [-0.15, -0.1) is 0 Å². The van der Waals surface area contributed by atoms with Gasteiger partial charge in [-0.2, -0.15) is 0 Å². The number of ether oxygens (including phenoxy) is 2. The normalized spacial score (nSPS) is 24.7. The fraction of sp³-hybridized carbons (Fsp3) is 0.714. The molecule has 1 atom stereocenters. The molecule has 2 saturated heterocycles. The van der Waals surface area contributed by atoms with Gasteiger partial charge in [0.2, 0.25) is 0 Å². The summed E-state index contributed by atoms with van der Waals surface area (Å²) in [4.78, 5) is 13.8. The molecule has 6 nitrogen and oxygen atoms in total. The topological polar surface area (TPSA) is 63.7 Å². The first-order valence-electron chi connectivity index (χ1n) is 7.14. The van der Waals surface area contributed by atoms with Gasteiger partial charge in [-0.1, -0.05) is 0 Å². The third kappa shape index (κ3) is 2.90. The number of amides is 1. The Morgan fingerprint density at radius 3 is 2.95 bits per heavy atom. The number of hydrogen-bond donors (Lipinski definition) is 1. The highest BCUT2D eigenvalue weighted by atomic mass is 32.1. The number of hydrogen-bond acceptors (Lipinski definition) is 6. The maximum Gasteiger partial charge on any atom is 0.410 e. The van der Waals surface area contributed by atoms with Crippen LogP contribution in [0.5, 0.6) is 0 Å². The predicted octanol–water partition coefficient (Wildman–Crippen LogP) is 1.79. The van der Waals surface area contributed by atoms with E-state index in [4.69, 9.17) is 9.47 Å². The molecule has 7 heteroatoms. The summed E-state index contributed by atoms with van der Waals surface area (Å²) < 4.78 is 15.6. The second-order valence-electron chi connectivity index (χ2n) is 6.59. The fourth-order valence-corrected chi connectivity index (χ4v) is 3.40. The van der Waals surface area contributed by atoms with E-state index in [1.54, 1.807) is 4.90 Å². The van der Waals surface area contributed by atoms with Crippen molar-refractivity contribution in [3.05, 3.63) is 17.1 Å². The van der Waals surface area contributed by atoms with Crippen LogP contribution in [-0.2, 0) is 9.47 Å². The molecule has 1 spiro atoms. The number of morpholine rings is 1. The Labute approximate surface area is 128 Å². The molecule has 3 rings (SSSR count). The summed E-state index contributed by atoms with van der Waals surface area (Å²) in [6.45, 7) is 8.20. The third-order valence-electron chi connectivity index (χ3n) is 3.72. The second kappa shape index (κ2) is 5.23. The molecule has 1 amide bonds. The van der Waals surface area contributed by atoms with Gasteiger partial charge in [-0.25, -0.2) is 9.17 Å². The molecule has 0 aliphatic carbocycles. The molecule has 0 radical (unpaired) electrons. The van der Waals surface area contributed by atoms with Crippen molar-refractivity contribution in [2.24, 2.45) is 0 Å². The molecular weight excluding hydrogens is 290 g/mol.